The number of benzene rings is 3. The lowest BCUT2D eigenvalue weighted by Crippen LogP contribution is -2.42. The summed E-state index contributed by atoms with van der Waals surface area (Å²) < 4.78 is 39.0. The molecule has 186 valence electrons. The van der Waals surface area contributed by atoms with Gasteiger partial charge in [0.1, 0.15) is 18.0 Å². The highest BCUT2D eigenvalue weighted by Gasteiger charge is 2.28. The number of hydrogen-bond acceptors (Lipinski definition) is 5. The van der Waals surface area contributed by atoms with E-state index in [9.17, 15) is 13.2 Å². The highest BCUT2D eigenvalue weighted by Crippen LogP contribution is 2.27. The Morgan fingerprint density at radius 2 is 1.69 bits per heavy atom. The van der Waals surface area contributed by atoms with Crippen molar-refractivity contribution in [2.24, 2.45) is 0 Å². The van der Waals surface area contributed by atoms with Gasteiger partial charge in [0.25, 0.3) is 10.0 Å². The van der Waals surface area contributed by atoms with E-state index in [1.165, 1.54) is 12.1 Å². The van der Waals surface area contributed by atoms with E-state index in [4.69, 9.17) is 9.47 Å². The number of hydrogen-bond donors (Lipinski definition) is 1. The molecule has 3 aromatic rings. The third kappa shape index (κ3) is 6.33. The maximum atomic E-state index is 13.6. The summed E-state index contributed by atoms with van der Waals surface area (Å²) in [6.45, 7) is 5.89. The molecule has 3 rings (SSSR count). The fourth-order valence-corrected chi connectivity index (χ4v) is 5.24. The Bertz CT molecular complexity index is 1230. The number of ether oxygens (including phenoxy) is 2. The van der Waals surface area contributed by atoms with E-state index < -0.39 is 15.9 Å². The van der Waals surface area contributed by atoms with Crippen molar-refractivity contribution in [2.45, 2.75) is 38.1 Å². The first-order chi connectivity index (χ1) is 16.8. The predicted octanol–water partition coefficient (Wildman–Crippen LogP) is 4.87. The number of para-hydroxylation sites is 1. The molecule has 0 unspecified atom stereocenters. The zero-order valence-electron chi connectivity index (χ0n) is 20.5. The summed E-state index contributed by atoms with van der Waals surface area (Å²) in [4.78, 5) is 13.2. The molecule has 1 amide bonds. The maximum Gasteiger partial charge on any atom is 0.264 e. The Balaban J connectivity index is 1.86. The van der Waals surface area contributed by atoms with Gasteiger partial charge in [-0.05, 0) is 73.9 Å². The molecule has 35 heavy (non-hydrogen) atoms. The zero-order chi connectivity index (χ0) is 25.4. The number of rotatable bonds is 11. The number of carbonyl (C=O) groups excluding carboxylic acids is 1. The average Bonchev–Trinajstić information content (AvgIpc) is 2.86. The standard InChI is InChI=1S/C27H32N2O5S/c1-5-25(21-12-17-26(33-4)20(3)18-21)28-27(30)19-29(22-10-8-7-9-11-22)35(31,32)24-15-13-23(14-16-24)34-6-2/h7-18,25H,5-6,19H2,1-4H3,(H,28,30)/t25-/m0/s1. The molecule has 0 aliphatic heterocycles. The summed E-state index contributed by atoms with van der Waals surface area (Å²) in [7, 11) is -2.39. The van der Waals surface area contributed by atoms with Crippen LogP contribution in [0.5, 0.6) is 11.5 Å². The zero-order valence-corrected chi connectivity index (χ0v) is 21.3. The lowest BCUT2D eigenvalue weighted by Gasteiger charge is -2.26. The summed E-state index contributed by atoms with van der Waals surface area (Å²) >= 11 is 0. The fourth-order valence-electron chi connectivity index (χ4n) is 3.82. The third-order valence-corrected chi connectivity index (χ3v) is 7.41. The van der Waals surface area contributed by atoms with Crippen molar-refractivity contribution in [3.63, 3.8) is 0 Å². The van der Waals surface area contributed by atoms with Gasteiger partial charge in [-0.3, -0.25) is 9.10 Å². The van der Waals surface area contributed by atoms with Gasteiger partial charge in [0.2, 0.25) is 5.91 Å². The van der Waals surface area contributed by atoms with Gasteiger partial charge in [-0.1, -0.05) is 37.3 Å². The lowest BCUT2D eigenvalue weighted by molar-refractivity contribution is -0.120. The smallest absolute Gasteiger partial charge is 0.264 e. The molecular formula is C27H32N2O5S. The van der Waals surface area contributed by atoms with Crippen molar-refractivity contribution >= 4 is 21.6 Å². The van der Waals surface area contributed by atoms with Crippen LogP contribution in [0.1, 0.15) is 37.4 Å². The van der Waals surface area contributed by atoms with Crippen molar-refractivity contribution in [1.82, 2.24) is 5.32 Å². The predicted molar refractivity (Wildman–Crippen MR) is 137 cm³/mol. The van der Waals surface area contributed by atoms with Crippen LogP contribution in [0.2, 0.25) is 0 Å². The van der Waals surface area contributed by atoms with Gasteiger partial charge in [0, 0.05) is 0 Å². The molecular weight excluding hydrogens is 464 g/mol. The normalized spacial score (nSPS) is 12.0. The largest absolute Gasteiger partial charge is 0.496 e. The Labute approximate surface area is 207 Å². The SMILES string of the molecule is CCOc1ccc(S(=O)(=O)N(CC(=O)N[C@@H](CC)c2ccc(OC)c(C)c2)c2ccccc2)cc1. The first kappa shape index (κ1) is 26.1. The van der Waals surface area contributed by atoms with Gasteiger partial charge in [-0.15, -0.1) is 0 Å². The summed E-state index contributed by atoms with van der Waals surface area (Å²) in [5, 5.41) is 2.99. The number of nitrogens with one attached hydrogen (secondary N) is 1. The molecule has 0 heterocycles. The van der Waals surface area contributed by atoms with E-state index in [0.717, 1.165) is 21.2 Å². The van der Waals surface area contributed by atoms with Crippen LogP contribution >= 0.6 is 0 Å². The molecule has 1 N–H and O–H groups in total. The highest BCUT2D eigenvalue weighted by molar-refractivity contribution is 7.92. The fraction of sp³-hybridized carbons (Fsp3) is 0.296. The minimum Gasteiger partial charge on any atom is -0.496 e. The third-order valence-electron chi connectivity index (χ3n) is 5.62. The van der Waals surface area contributed by atoms with E-state index in [1.807, 2.05) is 39.0 Å². The molecule has 1 atom stereocenters. The Morgan fingerprint density at radius 1 is 1.00 bits per heavy atom. The van der Waals surface area contributed by atoms with Gasteiger partial charge >= 0.3 is 0 Å². The van der Waals surface area contributed by atoms with Crippen LogP contribution in [0, 0.1) is 6.92 Å². The quantitative estimate of drug-likeness (QED) is 0.410. The van der Waals surface area contributed by atoms with Gasteiger partial charge in [-0.25, -0.2) is 8.42 Å². The molecule has 3 aromatic carbocycles. The Kier molecular flexibility index (Phi) is 8.76. The van der Waals surface area contributed by atoms with Crippen molar-refractivity contribution in [3.8, 4) is 11.5 Å². The minimum absolute atomic E-state index is 0.0791. The molecule has 7 nitrogen and oxygen atoms in total. The number of nitrogens with zero attached hydrogens (tertiary/aromatic N) is 1. The summed E-state index contributed by atoms with van der Waals surface area (Å²) in [6, 6.07) is 20.3. The van der Waals surface area contributed by atoms with E-state index in [-0.39, 0.29) is 17.5 Å². The van der Waals surface area contributed by atoms with E-state index in [2.05, 4.69) is 5.32 Å². The molecule has 0 aliphatic rings. The summed E-state index contributed by atoms with van der Waals surface area (Å²) in [5.41, 5.74) is 2.30. The number of anilines is 1. The first-order valence-electron chi connectivity index (χ1n) is 11.5. The summed E-state index contributed by atoms with van der Waals surface area (Å²) in [5.74, 6) is 0.950. The number of sulfonamides is 1. The monoisotopic (exact) mass is 496 g/mol. The van der Waals surface area contributed by atoms with Gasteiger partial charge in [-0.2, -0.15) is 0 Å². The summed E-state index contributed by atoms with van der Waals surface area (Å²) in [6.07, 6.45) is 0.647. The van der Waals surface area contributed by atoms with Crippen LogP contribution in [-0.2, 0) is 14.8 Å². The van der Waals surface area contributed by atoms with E-state index in [1.54, 1.807) is 49.6 Å². The second-order valence-corrected chi connectivity index (χ2v) is 9.87. The maximum absolute atomic E-state index is 13.6. The van der Waals surface area contributed by atoms with Crippen LogP contribution in [0.4, 0.5) is 5.69 Å². The van der Waals surface area contributed by atoms with Gasteiger partial charge < -0.3 is 14.8 Å². The van der Waals surface area contributed by atoms with Crippen molar-refractivity contribution in [1.29, 1.82) is 0 Å². The lowest BCUT2D eigenvalue weighted by atomic mass is 10.0. The van der Waals surface area contributed by atoms with Crippen molar-refractivity contribution in [2.75, 3.05) is 24.6 Å². The molecule has 0 radical (unpaired) electrons. The number of amides is 1. The van der Waals surface area contributed by atoms with Crippen LogP contribution in [0.3, 0.4) is 0 Å². The van der Waals surface area contributed by atoms with E-state index in [0.29, 0.717) is 24.5 Å². The van der Waals surface area contributed by atoms with E-state index >= 15 is 0 Å². The van der Waals surface area contributed by atoms with Crippen molar-refractivity contribution < 1.29 is 22.7 Å². The van der Waals surface area contributed by atoms with Crippen LogP contribution in [0.25, 0.3) is 0 Å². The molecule has 0 spiro atoms. The molecule has 8 heteroatoms. The molecule has 0 saturated carbocycles. The van der Waals surface area contributed by atoms with Gasteiger partial charge in [0.15, 0.2) is 0 Å². The first-order valence-corrected chi connectivity index (χ1v) is 13.0. The average molecular weight is 497 g/mol. The number of methoxy groups -OCH3 is 1. The number of carbonyl (C=O) groups is 1. The van der Waals surface area contributed by atoms with Gasteiger partial charge in [0.05, 0.1) is 30.3 Å². The molecule has 0 bridgehead atoms. The Hall–Kier alpha value is -3.52. The molecule has 0 fully saturated rings. The number of aryl methyl sites for hydroxylation is 1. The second kappa shape index (κ2) is 11.8. The Morgan fingerprint density at radius 3 is 2.26 bits per heavy atom. The topological polar surface area (TPSA) is 84.9 Å². The molecule has 0 saturated heterocycles. The minimum atomic E-state index is -4.00. The molecule has 0 aliphatic carbocycles. The van der Waals surface area contributed by atoms with Crippen LogP contribution in [0.15, 0.2) is 77.7 Å². The molecule has 0 aromatic heterocycles. The van der Waals surface area contributed by atoms with Crippen LogP contribution in [-0.4, -0.2) is 34.6 Å². The second-order valence-electron chi connectivity index (χ2n) is 8.01. The van der Waals surface area contributed by atoms with Crippen LogP contribution < -0.4 is 19.1 Å². The van der Waals surface area contributed by atoms with Crippen molar-refractivity contribution in [3.05, 3.63) is 83.9 Å². The highest BCUT2D eigenvalue weighted by atomic mass is 32.2.